The number of thiazole rings is 1. The second kappa shape index (κ2) is 11.4. The number of benzene rings is 2. The van der Waals surface area contributed by atoms with Crippen molar-refractivity contribution >= 4 is 28.3 Å². The highest BCUT2D eigenvalue weighted by molar-refractivity contribution is 7.13. The highest BCUT2D eigenvalue weighted by Gasteiger charge is 2.28. The van der Waals surface area contributed by atoms with Gasteiger partial charge < -0.3 is 10.2 Å². The zero-order chi connectivity index (χ0) is 22.1. The molecule has 0 fully saturated rings. The maximum absolute atomic E-state index is 13.8. The first-order valence-corrected chi connectivity index (χ1v) is 11.6. The minimum atomic E-state index is -0.445. The Morgan fingerprint density at radius 2 is 1.61 bits per heavy atom. The smallest absolute Gasteiger partial charge is 0.245 e. The lowest BCUT2D eigenvalue weighted by Gasteiger charge is -2.27. The van der Waals surface area contributed by atoms with E-state index in [-0.39, 0.29) is 18.4 Å². The van der Waals surface area contributed by atoms with Crippen LogP contribution >= 0.6 is 11.3 Å². The second-order valence-corrected chi connectivity index (χ2v) is 8.42. The first-order valence-electron chi connectivity index (χ1n) is 10.7. The molecule has 0 saturated heterocycles. The van der Waals surface area contributed by atoms with Gasteiger partial charge in [0.25, 0.3) is 0 Å². The molecule has 3 rings (SSSR count). The SMILES string of the molecule is CCCCCN(CC(=O)Nc1nc(C)cs1)C(=O)C(c1ccccc1)c1ccccc1. The summed E-state index contributed by atoms with van der Waals surface area (Å²) in [6.45, 7) is 4.57. The number of hydrogen-bond acceptors (Lipinski definition) is 4. The Balaban J connectivity index is 1.84. The zero-order valence-corrected chi connectivity index (χ0v) is 18.9. The fourth-order valence-electron chi connectivity index (χ4n) is 3.51. The number of carbonyl (C=O) groups excluding carboxylic acids is 2. The summed E-state index contributed by atoms with van der Waals surface area (Å²) in [6.07, 6.45) is 2.92. The van der Waals surface area contributed by atoms with Crippen molar-refractivity contribution in [3.8, 4) is 0 Å². The molecular weight excluding hydrogens is 406 g/mol. The minimum Gasteiger partial charge on any atom is -0.333 e. The van der Waals surface area contributed by atoms with Gasteiger partial charge in [-0.2, -0.15) is 0 Å². The molecular formula is C25H29N3O2S. The summed E-state index contributed by atoms with van der Waals surface area (Å²) >= 11 is 1.39. The lowest BCUT2D eigenvalue weighted by Crippen LogP contribution is -2.41. The van der Waals surface area contributed by atoms with Crippen molar-refractivity contribution in [2.45, 2.75) is 39.0 Å². The Kier molecular flexibility index (Phi) is 8.35. The van der Waals surface area contributed by atoms with E-state index in [4.69, 9.17) is 0 Å². The second-order valence-electron chi connectivity index (χ2n) is 7.56. The fraction of sp³-hybridized carbons (Fsp3) is 0.320. The van der Waals surface area contributed by atoms with Crippen LogP contribution in [0.15, 0.2) is 66.0 Å². The Morgan fingerprint density at radius 3 is 2.13 bits per heavy atom. The number of rotatable bonds is 10. The van der Waals surface area contributed by atoms with E-state index in [1.165, 1.54) is 11.3 Å². The van der Waals surface area contributed by atoms with Crippen molar-refractivity contribution in [1.29, 1.82) is 0 Å². The van der Waals surface area contributed by atoms with Crippen LogP contribution in [0.5, 0.6) is 0 Å². The van der Waals surface area contributed by atoms with E-state index in [9.17, 15) is 9.59 Å². The summed E-state index contributed by atoms with van der Waals surface area (Å²) in [4.78, 5) is 32.5. The topological polar surface area (TPSA) is 62.3 Å². The molecule has 3 aromatic rings. The van der Waals surface area contributed by atoms with E-state index in [1.807, 2.05) is 73.0 Å². The van der Waals surface area contributed by atoms with Crippen LogP contribution in [0.25, 0.3) is 0 Å². The number of aryl methyl sites for hydroxylation is 1. The van der Waals surface area contributed by atoms with Gasteiger partial charge in [-0.3, -0.25) is 9.59 Å². The fourth-order valence-corrected chi connectivity index (χ4v) is 4.22. The molecule has 1 N–H and O–H groups in total. The monoisotopic (exact) mass is 435 g/mol. The number of hydrogen-bond donors (Lipinski definition) is 1. The molecule has 5 nitrogen and oxygen atoms in total. The van der Waals surface area contributed by atoms with Gasteiger partial charge in [-0.15, -0.1) is 11.3 Å². The molecule has 31 heavy (non-hydrogen) atoms. The van der Waals surface area contributed by atoms with Gasteiger partial charge in [0.15, 0.2) is 5.13 Å². The van der Waals surface area contributed by atoms with E-state index in [1.54, 1.807) is 4.90 Å². The maximum atomic E-state index is 13.8. The number of unbranched alkanes of at least 4 members (excludes halogenated alkanes) is 2. The average Bonchev–Trinajstić information content (AvgIpc) is 3.19. The summed E-state index contributed by atoms with van der Waals surface area (Å²) < 4.78 is 0. The third kappa shape index (κ3) is 6.49. The summed E-state index contributed by atoms with van der Waals surface area (Å²) in [5.41, 5.74) is 2.72. The first-order chi connectivity index (χ1) is 15.1. The molecule has 2 aromatic carbocycles. The summed E-state index contributed by atoms with van der Waals surface area (Å²) in [7, 11) is 0. The third-order valence-corrected chi connectivity index (χ3v) is 5.93. The number of amides is 2. The van der Waals surface area contributed by atoms with Gasteiger partial charge in [0.2, 0.25) is 11.8 Å². The van der Waals surface area contributed by atoms with E-state index in [0.29, 0.717) is 11.7 Å². The predicted octanol–water partition coefficient (Wildman–Crippen LogP) is 5.24. The molecule has 0 aliphatic rings. The molecule has 0 atom stereocenters. The molecule has 6 heteroatoms. The largest absolute Gasteiger partial charge is 0.333 e. The standard InChI is InChI=1S/C25H29N3O2S/c1-3-4-11-16-28(17-22(29)27-25-26-19(2)18-31-25)24(30)23(20-12-7-5-8-13-20)21-14-9-6-10-15-21/h5-10,12-15,18,23H,3-4,11,16-17H2,1-2H3,(H,26,27,29). The highest BCUT2D eigenvalue weighted by Crippen LogP contribution is 2.27. The van der Waals surface area contributed by atoms with Crippen molar-refractivity contribution in [2.24, 2.45) is 0 Å². The van der Waals surface area contributed by atoms with Gasteiger partial charge in [0.05, 0.1) is 18.2 Å². The van der Waals surface area contributed by atoms with E-state index >= 15 is 0 Å². The van der Waals surface area contributed by atoms with Gasteiger partial charge >= 0.3 is 0 Å². The predicted molar refractivity (Wildman–Crippen MR) is 126 cm³/mol. The number of aromatic nitrogens is 1. The Labute approximate surface area is 188 Å². The Hall–Kier alpha value is -2.99. The van der Waals surface area contributed by atoms with Crippen LogP contribution in [0.4, 0.5) is 5.13 Å². The molecule has 0 saturated carbocycles. The van der Waals surface area contributed by atoms with Crippen molar-refractivity contribution in [2.75, 3.05) is 18.4 Å². The van der Waals surface area contributed by atoms with Crippen molar-refractivity contribution in [1.82, 2.24) is 9.88 Å². The van der Waals surface area contributed by atoms with Gasteiger partial charge in [-0.25, -0.2) is 4.98 Å². The number of carbonyl (C=O) groups is 2. The maximum Gasteiger partial charge on any atom is 0.245 e. The van der Waals surface area contributed by atoms with Crippen LogP contribution in [0.1, 0.15) is 48.9 Å². The quantitative estimate of drug-likeness (QED) is 0.443. The van der Waals surface area contributed by atoms with E-state index in [0.717, 1.165) is 36.1 Å². The Bertz CT molecular complexity index is 933. The molecule has 2 amide bonds. The van der Waals surface area contributed by atoms with Gasteiger partial charge in [0, 0.05) is 11.9 Å². The molecule has 1 aromatic heterocycles. The normalized spacial score (nSPS) is 10.8. The van der Waals surface area contributed by atoms with Gasteiger partial charge in [-0.1, -0.05) is 80.4 Å². The minimum absolute atomic E-state index is 0.0113. The summed E-state index contributed by atoms with van der Waals surface area (Å²) in [5.74, 6) is -0.725. The molecule has 162 valence electrons. The van der Waals surface area contributed by atoms with Crippen LogP contribution in [0, 0.1) is 6.92 Å². The van der Waals surface area contributed by atoms with E-state index < -0.39 is 5.92 Å². The molecule has 0 aliphatic carbocycles. The number of anilines is 1. The van der Waals surface area contributed by atoms with Crippen LogP contribution in [0.3, 0.4) is 0 Å². The van der Waals surface area contributed by atoms with Crippen molar-refractivity contribution in [3.63, 3.8) is 0 Å². The summed E-state index contributed by atoms with van der Waals surface area (Å²) in [5, 5.41) is 5.28. The van der Waals surface area contributed by atoms with Crippen molar-refractivity contribution in [3.05, 3.63) is 82.9 Å². The van der Waals surface area contributed by atoms with Crippen LogP contribution in [-0.4, -0.2) is 34.8 Å². The number of nitrogens with one attached hydrogen (secondary N) is 1. The van der Waals surface area contributed by atoms with Crippen molar-refractivity contribution < 1.29 is 9.59 Å². The van der Waals surface area contributed by atoms with E-state index in [2.05, 4.69) is 17.2 Å². The van der Waals surface area contributed by atoms with Crippen LogP contribution < -0.4 is 5.32 Å². The van der Waals surface area contributed by atoms with Crippen LogP contribution in [0.2, 0.25) is 0 Å². The molecule has 0 spiro atoms. The molecule has 0 unspecified atom stereocenters. The molecule has 1 heterocycles. The lowest BCUT2D eigenvalue weighted by atomic mass is 9.90. The molecule has 0 radical (unpaired) electrons. The number of nitrogens with zero attached hydrogens (tertiary/aromatic N) is 2. The van der Waals surface area contributed by atoms with Gasteiger partial charge in [-0.05, 0) is 24.5 Å². The van der Waals surface area contributed by atoms with Gasteiger partial charge in [0.1, 0.15) is 0 Å². The summed E-state index contributed by atoms with van der Waals surface area (Å²) in [6, 6.07) is 19.5. The Morgan fingerprint density at radius 1 is 1.00 bits per heavy atom. The molecule has 0 aliphatic heterocycles. The first kappa shape index (κ1) is 22.7. The van der Waals surface area contributed by atoms with Crippen LogP contribution in [-0.2, 0) is 9.59 Å². The average molecular weight is 436 g/mol. The molecule has 0 bridgehead atoms. The lowest BCUT2D eigenvalue weighted by molar-refractivity contribution is -0.135. The third-order valence-electron chi connectivity index (χ3n) is 5.06. The zero-order valence-electron chi connectivity index (χ0n) is 18.1. The highest BCUT2D eigenvalue weighted by atomic mass is 32.1.